The molecular formula is C23H27N3O3. The molecule has 1 saturated heterocycles. The van der Waals surface area contributed by atoms with E-state index in [-0.39, 0.29) is 36.9 Å². The normalized spacial score (nSPS) is 14.0. The van der Waals surface area contributed by atoms with Crippen LogP contribution in [0.25, 0.3) is 0 Å². The minimum absolute atomic E-state index is 0.0580. The molecule has 1 heterocycles. The second-order valence-corrected chi connectivity index (χ2v) is 7.30. The lowest BCUT2D eigenvalue weighted by Crippen LogP contribution is -2.33. The van der Waals surface area contributed by atoms with E-state index in [9.17, 15) is 14.4 Å². The Morgan fingerprint density at radius 1 is 1.00 bits per heavy atom. The third kappa shape index (κ3) is 5.44. The van der Waals surface area contributed by atoms with Gasteiger partial charge in [-0.15, -0.1) is 0 Å². The van der Waals surface area contributed by atoms with Gasteiger partial charge in [0.25, 0.3) is 0 Å². The van der Waals surface area contributed by atoms with Gasteiger partial charge in [0.2, 0.25) is 11.8 Å². The van der Waals surface area contributed by atoms with Gasteiger partial charge >= 0.3 is 6.03 Å². The molecule has 4 amide bonds. The summed E-state index contributed by atoms with van der Waals surface area (Å²) >= 11 is 0. The zero-order chi connectivity index (χ0) is 20.6. The number of nitrogens with zero attached hydrogens (tertiary/aromatic N) is 2. The van der Waals surface area contributed by atoms with Crippen LogP contribution in [0.5, 0.6) is 0 Å². The van der Waals surface area contributed by atoms with Crippen molar-refractivity contribution >= 4 is 17.8 Å². The van der Waals surface area contributed by atoms with Crippen molar-refractivity contribution < 1.29 is 14.4 Å². The summed E-state index contributed by atoms with van der Waals surface area (Å²) in [6.45, 7) is 0.967. The first-order valence-corrected chi connectivity index (χ1v) is 9.98. The maximum atomic E-state index is 12.2. The summed E-state index contributed by atoms with van der Waals surface area (Å²) in [5, 5.41) is 2.97. The van der Waals surface area contributed by atoms with E-state index in [1.165, 1.54) is 20.9 Å². The molecule has 6 nitrogen and oxygen atoms in total. The van der Waals surface area contributed by atoms with E-state index < -0.39 is 0 Å². The van der Waals surface area contributed by atoms with Crippen molar-refractivity contribution in [3.05, 3.63) is 71.8 Å². The van der Waals surface area contributed by atoms with E-state index in [0.717, 1.165) is 6.42 Å². The average molecular weight is 393 g/mol. The van der Waals surface area contributed by atoms with E-state index in [1.807, 2.05) is 36.4 Å². The highest BCUT2D eigenvalue weighted by molar-refractivity contribution is 6.01. The second-order valence-electron chi connectivity index (χ2n) is 7.30. The van der Waals surface area contributed by atoms with Crippen LogP contribution < -0.4 is 5.32 Å². The molecule has 0 unspecified atom stereocenters. The lowest BCUT2D eigenvalue weighted by molar-refractivity contribution is -0.126. The van der Waals surface area contributed by atoms with Gasteiger partial charge in [-0.05, 0) is 24.0 Å². The first-order chi connectivity index (χ1) is 14.1. The molecule has 3 rings (SSSR count). The molecule has 1 fully saturated rings. The lowest BCUT2D eigenvalue weighted by atomic mass is 9.88. The molecule has 0 aliphatic carbocycles. The number of carbonyl (C=O) groups is 3. The van der Waals surface area contributed by atoms with Crippen molar-refractivity contribution in [3.63, 3.8) is 0 Å². The van der Waals surface area contributed by atoms with Gasteiger partial charge in [-0.3, -0.25) is 14.5 Å². The Balaban J connectivity index is 1.46. The predicted octanol–water partition coefficient (Wildman–Crippen LogP) is 3.00. The molecule has 0 saturated carbocycles. The van der Waals surface area contributed by atoms with Crippen molar-refractivity contribution in [3.8, 4) is 0 Å². The molecule has 152 valence electrons. The Labute approximate surface area is 171 Å². The van der Waals surface area contributed by atoms with Crippen LogP contribution in [0.2, 0.25) is 0 Å². The quantitative estimate of drug-likeness (QED) is 0.666. The smallest absolute Gasteiger partial charge is 0.326 e. The Bertz CT molecular complexity index is 799. The van der Waals surface area contributed by atoms with Gasteiger partial charge in [0.05, 0.1) is 0 Å². The molecule has 1 N–H and O–H groups in total. The molecule has 29 heavy (non-hydrogen) atoms. The third-order valence-electron chi connectivity index (χ3n) is 5.18. The highest BCUT2D eigenvalue weighted by Crippen LogP contribution is 2.27. The number of hydrogen-bond acceptors (Lipinski definition) is 3. The number of likely N-dealkylation sites (N-methyl/N-ethyl adjacent to an activating group) is 1. The van der Waals surface area contributed by atoms with Gasteiger partial charge in [-0.1, -0.05) is 60.7 Å². The minimum Gasteiger partial charge on any atom is -0.356 e. The Hall–Kier alpha value is -3.15. The van der Waals surface area contributed by atoms with Crippen molar-refractivity contribution in [1.82, 2.24) is 15.1 Å². The van der Waals surface area contributed by atoms with Crippen molar-refractivity contribution in [1.29, 1.82) is 0 Å². The monoisotopic (exact) mass is 393 g/mol. The fraction of sp³-hybridized carbons (Fsp3) is 0.348. The number of rotatable bonds is 9. The fourth-order valence-corrected chi connectivity index (χ4v) is 3.63. The van der Waals surface area contributed by atoms with Crippen LogP contribution in [0.4, 0.5) is 4.79 Å². The second kappa shape index (κ2) is 9.87. The zero-order valence-corrected chi connectivity index (χ0v) is 16.7. The van der Waals surface area contributed by atoms with Crippen molar-refractivity contribution in [2.24, 2.45) is 0 Å². The molecule has 2 aromatic carbocycles. The first-order valence-electron chi connectivity index (χ1n) is 9.98. The molecule has 0 spiro atoms. The van der Waals surface area contributed by atoms with Gasteiger partial charge in [0, 0.05) is 32.5 Å². The van der Waals surface area contributed by atoms with Crippen LogP contribution in [-0.2, 0) is 9.59 Å². The van der Waals surface area contributed by atoms with Crippen molar-refractivity contribution in [2.75, 3.05) is 26.7 Å². The zero-order valence-electron chi connectivity index (χ0n) is 16.7. The van der Waals surface area contributed by atoms with E-state index in [1.54, 1.807) is 7.05 Å². The Morgan fingerprint density at radius 3 is 2.10 bits per heavy atom. The fourth-order valence-electron chi connectivity index (χ4n) is 3.63. The summed E-state index contributed by atoms with van der Waals surface area (Å²) in [5.41, 5.74) is 2.45. The number of benzene rings is 2. The molecular weight excluding hydrogens is 366 g/mol. The summed E-state index contributed by atoms with van der Waals surface area (Å²) < 4.78 is 0. The molecule has 0 bridgehead atoms. The number of nitrogens with one attached hydrogen (secondary N) is 1. The highest BCUT2D eigenvalue weighted by Gasteiger charge is 2.32. The van der Waals surface area contributed by atoms with Crippen LogP contribution in [0, 0.1) is 0 Å². The van der Waals surface area contributed by atoms with Crippen LogP contribution in [-0.4, -0.2) is 54.3 Å². The number of amides is 4. The summed E-state index contributed by atoms with van der Waals surface area (Å²) in [6, 6.07) is 20.3. The van der Waals surface area contributed by atoms with Crippen LogP contribution in [0.15, 0.2) is 60.7 Å². The number of imide groups is 1. The predicted molar refractivity (Wildman–Crippen MR) is 111 cm³/mol. The molecule has 2 aromatic rings. The van der Waals surface area contributed by atoms with E-state index >= 15 is 0 Å². The third-order valence-corrected chi connectivity index (χ3v) is 5.18. The SMILES string of the molecule is CN1CC(=O)N(CCCC(=O)NCCC(c2ccccc2)c2ccccc2)C1=O. The molecule has 0 radical (unpaired) electrons. The molecule has 6 heteroatoms. The topological polar surface area (TPSA) is 69.7 Å². The van der Waals surface area contributed by atoms with Crippen molar-refractivity contribution in [2.45, 2.75) is 25.2 Å². The number of hydrogen-bond donors (Lipinski definition) is 1. The largest absolute Gasteiger partial charge is 0.356 e. The van der Waals surface area contributed by atoms with Gasteiger partial charge in [0.1, 0.15) is 6.54 Å². The average Bonchev–Trinajstić information content (AvgIpc) is 2.98. The summed E-state index contributed by atoms with van der Waals surface area (Å²) in [4.78, 5) is 38.4. The minimum atomic E-state index is -0.288. The molecule has 0 atom stereocenters. The lowest BCUT2D eigenvalue weighted by Gasteiger charge is -2.18. The van der Waals surface area contributed by atoms with Gasteiger partial charge < -0.3 is 10.2 Å². The van der Waals surface area contributed by atoms with Gasteiger partial charge in [-0.2, -0.15) is 0 Å². The summed E-state index contributed by atoms with van der Waals surface area (Å²) in [6.07, 6.45) is 1.56. The van der Waals surface area contributed by atoms with Gasteiger partial charge in [0.15, 0.2) is 0 Å². The Kier molecular flexibility index (Phi) is 7.00. The van der Waals surface area contributed by atoms with Crippen LogP contribution in [0.1, 0.15) is 36.3 Å². The maximum Gasteiger partial charge on any atom is 0.326 e. The van der Waals surface area contributed by atoms with E-state index in [4.69, 9.17) is 0 Å². The number of carbonyl (C=O) groups excluding carboxylic acids is 3. The van der Waals surface area contributed by atoms with E-state index in [2.05, 4.69) is 29.6 Å². The van der Waals surface area contributed by atoms with Crippen LogP contribution in [0.3, 0.4) is 0 Å². The summed E-state index contributed by atoms with van der Waals surface area (Å²) in [5.74, 6) is -0.0446. The molecule has 0 aromatic heterocycles. The van der Waals surface area contributed by atoms with Crippen LogP contribution >= 0.6 is 0 Å². The van der Waals surface area contributed by atoms with Gasteiger partial charge in [-0.25, -0.2) is 4.79 Å². The maximum absolute atomic E-state index is 12.2. The molecule has 1 aliphatic heterocycles. The first kappa shape index (κ1) is 20.6. The standard InChI is InChI=1S/C23H27N3O3/c1-25-17-22(28)26(23(25)29)16-8-13-21(27)24-15-14-20(18-9-4-2-5-10-18)19-11-6-3-7-12-19/h2-7,9-12,20H,8,13-17H2,1H3,(H,24,27). The highest BCUT2D eigenvalue weighted by atomic mass is 16.2. The number of urea groups is 1. The van der Waals surface area contributed by atoms with E-state index in [0.29, 0.717) is 19.4 Å². The Morgan fingerprint density at radius 2 is 1.59 bits per heavy atom. The summed E-state index contributed by atoms with van der Waals surface area (Å²) in [7, 11) is 1.60. The molecule has 1 aliphatic rings.